The quantitative estimate of drug-likeness (QED) is 0.182. The summed E-state index contributed by atoms with van der Waals surface area (Å²) >= 11 is 10.6. The molecule has 36 heavy (non-hydrogen) atoms. The van der Waals surface area contributed by atoms with Crippen molar-refractivity contribution in [2.75, 3.05) is 16.9 Å². The van der Waals surface area contributed by atoms with E-state index < -0.39 is 12.0 Å². The lowest BCUT2D eigenvalue weighted by molar-refractivity contribution is -0.138. The van der Waals surface area contributed by atoms with Crippen molar-refractivity contribution in [3.8, 4) is 11.4 Å². The largest absolute Gasteiger partial charge is 0.480 e. The highest BCUT2D eigenvalue weighted by molar-refractivity contribution is 7.72. The average Bonchev–Trinajstić information content (AvgIpc) is 3.22. The van der Waals surface area contributed by atoms with E-state index in [1.807, 2.05) is 77.7 Å². The van der Waals surface area contributed by atoms with Gasteiger partial charge in [0.1, 0.15) is 11.8 Å². The third-order valence-electron chi connectivity index (χ3n) is 6.21. The number of nitrogens with zero attached hydrogens (tertiary/aromatic N) is 2. The number of nitrogens with one attached hydrogen (secondary N) is 3. The molecule has 0 aliphatic carbocycles. The van der Waals surface area contributed by atoms with Crippen LogP contribution in [0, 0.1) is 9.54 Å². The summed E-state index contributed by atoms with van der Waals surface area (Å²) in [5.74, 6) is -0.0773. The van der Waals surface area contributed by atoms with Crippen molar-refractivity contribution >= 4 is 41.8 Å². The predicted octanol–water partition coefficient (Wildman–Crippen LogP) is 5.45. The molecule has 184 valence electrons. The molecule has 4 aromatic rings. The summed E-state index contributed by atoms with van der Waals surface area (Å²) in [6.07, 6.45) is 1.23. The van der Waals surface area contributed by atoms with Crippen LogP contribution in [0.15, 0.2) is 72.8 Å². The molecule has 3 aromatic carbocycles. The average molecular weight is 520 g/mol. The molecule has 0 saturated heterocycles. The van der Waals surface area contributed by atoms with Gasteiger partial charge in [-0.1, -0.05) is 36.4 Å². The van der Waals surface area contributed by atoms with Gasteiger partial charge in [-0.05, 0) is 84.8 Å². The molecule has 1 unspecified atom stereocenters. The molecule has 5 rings (SSSR count). The summed E-state index contributed by atoms with van der Waals surface area (Å²) in [6, 6.07) is 22.9. The standard InChI is InChI=1S/C26H25N5O3S2/c32-24(33)23-11-9-18-13-21(10-12-22(18)30(23)15-17-5-2-1-3-6-17)34-16-27-19-7-4-8-20(14-19)31-25(35)28-29-26(31)36/h1-8,10,12-14,23,27H,9,11,15-16H2,(H,28,35)(H,29,36)(H,32,33). The Kier molecular flexibility index (Phi) is 6.88. The van der Waals surface area contributed by atoms with Gasteiger partial charge in [-0.15, -0.1) is 0 Å². The molecule has 2 heterocycles. The van der Waals surface area contributed by atoms with Crippen molar-refractivity contribution in [3.05, 3.63) is 93.5 Å². The van der Waals surface area contributed by atoms with Gasteiger partial charge >= 0.3 is 5.97 Å². The Hall–Kier alpha value is -3.89. The van der Waals surface area contributed by atoms with Crippen LogP contribution in [0.1, 0.15) is 17.5 Å². The maximum atomic E-state index is 12.0. The summed E-state index contributed by atoms with van der Waals surface area (Å²) in [4.78, 5) is 13.9. The minimum Gasteiger partial charge on any atom is -0.480 e. The normalized spacial score (nSPS) is 14.8. The molecule has 0 amide bonds. The molecule has 0 radical (unpaired) electrons. The number of hydrogen-bond acceptors (Lipinski definition) is 6. The van der Waals surface area contributed by atoms with Gasteiger partial charge in [0.25, 0.3) is 0 Å². The zero-order chi connectivity index (χ0) is 25.1. The van der Waals surface area contributed by atoms with Crippen LogP contribution in [0.4, 0.5) is 11.4 Å². The number of carboxylic acid groups (broad SMARTS) is 1. The molecule has 1 atom stereocenters. The summed E-state index contributed by atoms with van der Waals surface area (Å²) in [6.45, 7) is 0.803. The maximum Gasteiger partial charge on any atom is 0.326 e. The Labute approximate surface area is 218 Å². The molecule has 10 heteroatoms. The molecular formula is C26H25N5O3S2. The van der Waals surface area contributed by atoms with Crippen LogP contribution in [0.25, 0.3) is 5.69 Å². The smallest absolute Gasteiger partial charge is 0.326 e. The first kappa shape index (κ1) is 23.8. The first-order valence-electron chi connectivity index (χ1n) is 11.5. The van der Waals surface area contributed by atoms with E-state index in [1.54, 1.807) is 4.57 Å². The maximum absolute atomic E-state index is 12.0. The molecule has 1 aliphatic heterocycles. The minimum atomic E-state index is -0.801. The second kappa shape index (κ2) is 10.4. The number of hydrogen-bond donors (Lipinski definition) is 4. The fourth-order valence-electron chi connectivity index (χ4n) is 4.48. The molecule has 0 fully saturated rings. The number of fused-ring (bicyclic) bond motifs is 1. The van der Waals surface area contributed by atoms with Gasteiger partial charge in [-0.3, -0.25) is 14.8 Å². The van der Waals surface area contributed by atoms with Crippen LogP contribution < -0.4 is 15.0 Å². The van der Waals surface area contributed by atoms with Gasteiger partial charge in [-0.2, -0.15) is 0 Å². The van der Waals surface area contributed by atoms with Crippen molar-refractivity contribution in [2.45, 2.75) is 25.4 Å². The Morgan fingerprint density at radius 3 is 2.56 bits per heavy atom. The van der Waals surface area contributed by atoms with E-state index in [1.165, 1.54) is 0 Å². The topological polar surface area (TPSA) is 98.3 Å². The summed E-state index contributed by atoms with van der Waals surface area (Å²) < 4.78 is 8.71. The van der Waals surface area contributed by atoms with Crippen LogP contribution in [-0.4, -0.2) is 38.6 Å². The fourth-order valence-corrected chi connectivity index (χ4v) is 5.04. The van der Waals surface area contributed by atoms with Gasteiger partial charge < -0.3 is 20.1 Å². The third kappa shape index (κ3) is 5.05. The number of aryl methyl sites for hydroxylation is 1. The SMILES string of the molecule is O=C(O)C1CCc2cc(OCNc3cccc(-n4c(=S)[nH][nH]c4=S)c3)ccc2N1Cc1ccccc1. The van der Waals surface area contributed by atoms with Crippen molar-refractivity contribution in [1.82, 2.24) is 14.8 Å². The molecule has 0 bridgehead atoms. The third-order valence-corrected chi connectivity index (χ3v) is 6.78. The molecule has 8 nitrogen and oxygen atoms in total. The Bertz CT molecular complexity index is 1470. The lowest BCUT2D eigenvalue weighted by Crippen LogP contribution is -2.44. The van der Waals surface area contributed by atoms with Gasteiger partial charge in [0.05, 0.1) is 5.69 Å². The van der Waals surface area contributed by atoms with Crippen LogP contribution in [-0.2, 0) is 17.8 Å². The highest BCUT2D eigenvalue weighted by Gasteiger charge is 2.31. The fraction of sp³-hybridized carbons (Fsp3) is 0.192. The van der Waals surface area contributed by atoms with Gasteiger partial charge in [0.15, 0.2) is 16.3 Å². The van der Waals surface area contributed by atoms with E-state index in [0.717, 1.165) is 33.9 Å². The van der Waals surface area contributed by atoms with Gasteiger partial charge in [0, 0.05) is 17.9 Å². The number of aromatic nitrogens is 3. The van der Waals surface area contributed by atoms with E-state index >= 15 is 0 Å². The Morgan fingerprint density at radius 2 is 1.81 bits per heavy atom. The Morgan fingerprint density at radius 1 is 1.03 bits per heavy atom. The highest BCUT2D eigenvalue weighted by Crippen LogP contribution is 2.35. The number of rotatable bonds is 8. The van der Waals surface area contributed by atoms with Gasteiger partial charge in [0.2, 0.25) is 0 Å². The molecule has 1 aromatic heterocycles. The van der Waals surface area contributed by atoms with E-state index in [0.29, 0.717) is 28.9 Å². The number of benzene rings is 3. The van der Waals surface area contributed by atoms with E-state index in [2.05, 4.69) is 15.5 Å². The van der Waals surface area contributed by atoms with Crippen molar-refractivity contribution in [2.24, 2.45) is 0 Å². The monoisotopic (exact) mass is 519 g/mol. The van der Waals surface area contributed by atoms with E-state index in [9.17, 15) is 9.90 Å². The lowest BCUT2D eigenvalue weighted by Gasteiger charge is -2.37. The molecule has 0 saturated carbocycles. The molecule has 1 aliphatic rings. The number of H-pyrrole nitrogens is 2. The number of carboxylic acids is 1. The first-order valence-corrected chi connectivity index (χ1v) is 12.3. The first-order chi connectivity index (χ1) is 17.5. The van der Waals surface area contributed by atoms with E-state index in [4.69, 9.17) is 29.2 Å². The zero-order valence-corrected chi connectivity index (χ0v) is 20.9. The number of anilines is 2. The number of carbonyl (C=O) groups is 1. The predicted molar refractivity (Wildman–Crippen MR) is 144 cm³/mol. The number of aromatic amines is 2. The highest BCUT2D eigenvalue weighted by atomic mass is 32.1. The molecule has 0 spiro atoms. The van der Waals surface area contributed by atoms with E-state index in [-0.39, 0.29) is 6.73 Å². The van der Waals surface area contributed by atoms with Crippen molar-refractivity contribution < 1.29 is 14.6 Å². The van der Waals surface area contributed by atoms with Crippen LogP contribution in [0.5, 0.6) is 5.75 Å². The Balaban J connectivity index is 1.29. The second-order valence-corrected chi connectivity index (χ2v) is 9.28. The molecule has 4 N–H and O–H groups in total. The minimum absolute atomic E-state index is 0.263. The summed E-state index contributed by atoms with van der Waals surface area (Å²) in [5, 5.41) is 18.8. The second-order valence-electron chi connectivity index (χ2n) is 8.51. The van der Waals surface area contributed by atoms with Crippen molar-refractivity contribution in [3.63, 3.8) is 0 Å². The van der Waals surface area contributed by atoms with Crippen LogP contribution in [0.3, 0.4) is 0 Å². The summed E-state index contributed by atoms with van der Waals surface area (Å²) in [7, 11) is 0. The molecular weight excluding hydrogens is 494 g/mol. The van der Waals surface area contributed by atoms with Crippen LogP contribution in [0.2, 0.25) is 0 Å². The number of aliphatic carboxylic acids is 1. The van der Waals surface area contributed by atoms with Crippen molar-refractivity contribution in [1.29, 1.82) is 0 Å². The lowest BCUT2D eigenvalue weighted by atomic mass is 9.94. The zero-order valence-electron chi connectivity index (χ0n) is 19.3. The van der Waals surface area contributed by atoms with Gasteiger partial charge in [-0.25, -0.2) is 4.79 Å². The summed E-state index contributed by atoms with van der Waals surface area (Å²) in [5.41, 5.74) is 4.80. The number of ether oxygens (including phenoxy) is 1. The van der Waals surface area contributed by atoms with Crippen LogP contribution >= 0.6 is 24.4 Å².